The van der Waals surface area contributed by atoms with Gasteiger partial charge < -0.3 is 0 Å². The van der Waals surface area contributed by atoms with Crippen LogP contribution in [0.3, 0.4) is 0 Å². The largest absolute Gasteiger partial charge is 0.0579 e. The molecule has 0 nitrogen and oxygen atoms in total. The molecule has 37 unspecified atom stereocenters. The summed E-state index contributed by atoms with van der Waals surface area (Å²) in [4.78, 5) is 0. The minimum Gasteiger partial charge on any atom is -0.0579 e. The summed E-state index contributed by atoms with van der Waals surface area (Å²) in [5.41, 5.74) is 21.8. The smallest absolute Gasteiger partial charge is 0.000396 e. The molecule has 0 radical (unpaired) electrons. The molecule has 0 aromatic carbocycles. The number of hydrogen-bond donors (Lipinski definition) is 0. The quantitative estimate of drug-likeness (QED) is 0.440. The third kappa shape index (κ3) is 0.302. The predicted octanol–water partition coefficient (Wildman–Crippen LogP) is 4.16. The van der Waals surface area contributed by atoms with E-state index in [0.717, 1.165) is 108 Å². The van der Waals surface area contributed by atoms with Crippen molar-refractivity contribution in [2.24, 2.45) is 209 Å². The van der Waals surface area contributed by atoms with Crippen LogP contribution in [0.5, 0.6) is 0 Å². The van der Waals surface area contributed by atoms with Gasteiger partial charge in [0.25, 0.3) is 0 Å². The van der Waals surface area contributed by atoms with Gasteiger partial charge in [-0.3, -0.25) is 0 Å². The van der Waals surface area contributed by atoms with Gasteiger partial charge in [0.05, 0.1) is 0 Å². The van der Waals surface area contributed by atoms with Gasteiger partial charge in [0, 0.05) is 0 Å². The van der Waals surface area contributed by atoms with Gasteiger partial charge in [-0.2, -0.15) is 0 Å². The Labute approximate surface area is 241 Å². The third-order valence-corrected chi connectivity index (χ3v) is 35.9. The van der Waals surface area contributed by atoms with Crippen molar-refractivity contribution in [1.29, 1.82) is 0 Å². The van der Waals surface area contributed by atoms with Gasteiger partial charge in [-0.15, -0.1) is 0 Å². The molecule has 196 valence electrons. The Balaban J connectivity index is 0.981. The predicted molar refractivity (Wildman–Crippen MR) is 132 cm³/mol. The molecule has 0 aliphatic heterocycles. The second-order valence-corrected chi connectivity index (χ2v) is 26.9. The van der Waals surface area contributed by atoms with E-state index < -0.39 is 0 Å². The van der Waals surface area contributed by atoms with Gasteiger partial charge in [0.15, 0.2) is 0 Å². The van der Waals surface area contributed by atoms with Gasteiger partial charge in [-0.25, -0.2) is 0 Å². The van der Waals surface area contributed by atoms with E-state index in [0.29, 0.717) is 0 Å². The van der Waals surface area contributed by atoms with Crippen LogP contribution >= 0.6 is 0 Å². The summed E-state index contributed by atoms with van der Waals surface area (Å²) in [7, 11) is 0. The van der Waals surface area contributed by atoms with E-state index in [2.05, 4.69) is 6.92 Å². The van der Waals surface area contributed by atoms with E-state index in [-0.39, 0.29) is 0 Å². The van der Waals surface area contributed by atoms with E-state index in [1.54, 1.807) is 0 Å². The Bertz CT molecular complexity index is 2600. The van der Waals surface area contributed by atoms with Crippen molar-refractivity contribution in [3.8, 4) is 0 Å². The second-order valence-electron chi connectivity index (χ2n) is 26.9. The number of hydrogen-bond acceptors (Lipinski definition) is 0. The molecule has 29 saturated carbocycles. The SMILES string of the molecule is CC12C34C5CC3C3C6CC7C8C9C%10C%11CC%12C%13C%14C%15CC%16C%17C%18C5C45C%184C%17%18C%15%16C%14%15C%13%14C%12%11C%10%11C9%10C89C67C31C91C25C42C%15%18C%14%11C%1012. The Kier molecular flexibility index (Phi) is 0.735. The molecule has 0 amide bonds. The van der Waals surface area contributed by atoms with Crippen LogP contribution in [-0.2, 0) is 0 Å². The van der Waals surface area contributed by atoms with Crippen molar-refractivity contribution in [3.63, 3.8) is 0 Å². The standard InChI is InChI=1S/C42H28/c1-23-24-6-2-8(24)17-21-19-12-4-9-15-16-10-5-13-20-22-18-11-3-7-14(6)28(23)25(7,11)32(18)36(22)34(20)27(10,13)31(16)30(15)26(9,12)33(19)35(21)29(17,24)37(23)38(28,32)42(36)40(31,34)39(30,33)41(35,37)42/h6-22H,2-5H2,1H3. The molecule has 0 bridgehead atoms. The monoisotopic (exact) mass is 532 g/mol. The molecule has 0 saturated heterocycles. The van der Waals surface area contributed by atoms with Crippen molar-refractivity contribution in [2.45, 2.75) is 32.6 Å². The summed E-state index contributed by atoms with van der Waals surface area (Å²) in [5, 5.41) is 0. The van der Waals surface area contributed by atoms with Crippen LogP contribution < -0.4 is 0 Å². The van der Waals surface area contributed by atoms with E-state index in [1.807, 2.05) is 25.7 Å². The highest BCUT2D eigenvalue weighted by Gasteiger charge is 3.66. The summed E-state index contributed by atoms with van der Waals surface area (Å²) in [6.07, 6.45) is 7.32. The lowest BCUT2D eigenvalue weighted by molar-refractivity contribution is -1.19. The van der Waals surface area contributed by atoms with Gasteiger partial charge >= 0.3 is 0 Å². The minimum atomic E-state index is 0.963. The highest BCUT2D eigenvalue weighted by atomic mass is 15.7. The average molecular weight is 533 g/mol. The van der Waals surface area contributed by atoms with E-state index >= 15 is 0 Å². The summed E-state index contributed by atoms with van der Waals surface area (Å²) >= 11 is 0. The fourth-order valence-corrected chi connectivity index (χ4v) is 45.5. The molecule has 0 N–H and O–H groups in total. The second kappa shape index (κ2) is 2.14. The maximum absolute atomic E-state index is 3.27. The Morgan fingerprint density at radius 2 is 0.619 bits per heavy atom. The van der Waals surface area contributed by atoms with Crippen LogP contribution in [-0.4, -0.2) is 0 Å². The average Bonchev–Trinajstić information content (AvgIpc) is 2.97. The fourth-order valence-electron chi connectivity index (χ4n) is 45.5. The van der Waals surface area contributed by atoms with Crippen LogP contribution in [0.15, 0.2) is 0 Å². The molecule has 29 aliphatic carbocycles. The summed E-state index contributed by atoms with van der Waals surface area (Å²) in [6, 6.07) is 0. The molecule has 42 heavy (non-hydrogen) atoms. The van der Waals surface area contributed by atoms with Crippen molar-refractivity contribution >= 4 is 0 Å². The molecular formula is C42H28. The molecular weight excluding hydrogens is 504 g/mol. The summed E-state index contributed by atoms with van der Waals surface area (Å²) in [6.45, 7) is 3.27. The van der Waals surface area contributed by atoms with E-state index in [1.165, 1.54) is 101 Å². The van der Waals surface area contributed by atoms with E-state index in [4.69, 9.17) is 0 Å². The first-order valence-corrected chi connectivity index (χ1v) is 20.8. The van der Waals surface area contributed by atoms with Crippen LogP contribution in [0.25, 0.3) is 0 Å². The number of fused-ring (bicyclic) bond motifs is 13. The van der Waals surface area contributed by atoms with Crippen LogP contribution in [0.1, 0.15) is 32.6 Å². The molecule has 37 atom stereocenters. The lowest BCUT2D eigenvalue weighted by Gasteiger charge is -3.63. The van der Waals surface area contributed by atoms with Crippen molar-refractivity contribution < 1.29 is 0 Å². The Morgan fingerprint density at radius 1 is 0.286 bits per heavy atom. The van der Waals surface area contributed by atoms with Gasteiger partial charge in [0.2, 0.25) is 0 Å². The molecule has 0 aromatic rings. The highest BCUT2D eigenvalue weighted by molar-refractivity contribution is 6.10. The third-order valence-electron chi connectivity index (χ3n) is 35.9. The fraction of sp³-hybridized carbons (Fsp3) is 1.00. The molecule has 29 fully saturated rings. The molecule has 19 spiro atoms. The maximum atomic E-state index is 3.27. The zero-order chi connectivity index (χ0) is 23.6. The molecule has 0 aromatic heterocycles. The first-order valence-electron chi connectivity index (χ1n) is 20.8. The normalized spacial score (nSPS) is 138. The molecule has 29 rings (SSSR count). The summed E-state index contributed by atoms with van der Waals surface area (Å²) < 4.78 is 0. The zero-order valence-corrected chi connectivity index (χ0v) is 23.6. The lowest BCUT2D eigenvalue weighted by atomic mass is 8.39. The first-order chi connectivity index (χ1) is 20.8. The van der Waals surface area contributed by atoms with Crippen LogP contribution in [0, 0.1) is 209 Å². The molecule has 29 aliphatic rings. The van der Waals surface area contributed by atoms with Gasteiger partial charge in [-0.05, 0) is 235 Å². The van der Waals surface area contributed by atoms with Gasteiger partial charge in [0.1, 0.15) is 0 Å². The first kappa shape index (κ1) is 14.4. The van der Waals surface area contributed by atoms with Crippen molar-refractivity contribution in [3.05, 3.63) is 0 Å². The van der Waals surface area contributed by atoms with Crippen LogP contribution in [0.4, 0.5) is 0 Å². The zero-order valence-electron chi connectivity index (χ0n) is 23.6. The minimum absolute atomic E-state index is 0.963. The van der Waals surface area contributed by atoms with Crippen molar-refractivity contribution in [1.82, 2.24) is 0 Å². The Morgan fingerprint density at radius 3 is 1.17 bits per heavy atom. The highest BCUT2D eigenvalue weighted by Crippen LogP contribution is 3.67. The topological polar surface area (TPSA) is 0 Å². The lowest BCUT2D eigenvalue weighted by Crippen LogP contribution is -3.62. The number of rotatable bonds is 0. The van der Waals surface area contributed by atoms with Gasteiger partial charge in [-0.1, -0.05) is 6.92 Å². The maximum Gasteiger partial charge on any atom is -0.000396 e. The Hall–Kier alpha value is 0. The molecule has 0 heterocycles. The molecule has 0 heteroatoms. The van der Waals surface area contributed by atoms with E-state index in [9.17, 15) is 0 Å². The van der Waals surface area contributed by atoms with Crippen molar-refractivity contribution in [2.75, 3.05) is 0 Å². The summed E-state index contributed by atoms with van der Waals surface area (Å²) in [5.74, 6) is 23.2. The van der Waals surface area contributed by atoms with Crippen LogP contribution in [0.2, 0.25) is 0 Å².